The fourth-order valence-electron chi connectivity index (χ4n) is 2.17. The first-order valence-electron chi connectivity index (χ1n) is 7.24. The SMILES string of the molecule is Cc1ccc(Cc2nnc(SCc3ccccc3Cl)n2N)cc1. The van der Waals surface area contributed by atoms with Gasteiger partial charge in [-0.2, -0.15) is 0 Å². The first kappa shape index (κ1) is 15.9. The van der Waals surface area contributed by atoms with Crippen LogP contribution in [0.4, 0.5) is 0 Å². The Morgan fingerprint density at radius 2 is 1.83 bits per heavy atom. The maximum absolute atomic E-state index is 6.17. The number of nitrogens with two attached hydrogens (primary N) is 1. The summed E-state index contributed by atoms with van der Waals surface area (Å²) in [5.74, 6) is 7.57. The van der Waals surface area contributed by atoms with Gasteiger partial charge in [0, 0.05) is 17.2 Å². The summed E-state index contributed by atoms with van der Waals surface area (Å²) >= 11 is 7.70. The van der Waals surface area contributed by atoms with Crippen molar-refractivity contribution in [1.82, 2.24) is 14.9 Å². The lowest BCUT2D eigenvalue weighted by Gasteiger charge is -2.05. The molecule has 23 heavy (non-hydrogen) atoms. The molecule has 0 atom stereocenters. The topological polar surface area (TPSA) is 56.7 Å². The normalized spacial score (nSPS) is 10.9. The Hall–Kier alpha value is -1.98. The molecule has 1 aromatic heterocycles. The largest absolute Gasteiger partial charge is 0.336 e. The molecule has 0 radical (unpaired) electrons. The molecule has 0 saturated carbocycles. The third-order valence-electron chi connectivity index (χ3n) is 3.53. The Morgan fingerprint density at radius 3 is 2.57 bits per heavy atom. The summed E-state index contributed by atoms with van der Waals surface area (Å²) in [5.41, 5.74) is 3.46. The smallest absolute Gasteiger partial charge is 0.210 e. The second-order valence-electron chi connectivity index (χ2n) is 5.31. The van der Waals surface area contributed by atoms with Crippen LogP contribution in [0, 0.1) is 6.92 Å². The molecule has 0 aliphatic rings. The molecule has 0 fully saturated rings. The number of thioether (sulfide) groups is 1. The van der Waals surface area contributed by atoms with Crippen LogP contribution in [0.5, 0.6) is 0 Å². The van der Waals surface area contributed by atoms with Crippen LogP contribution < -0.4 is 5.84 Å². The van der Waals surface area contributed by atoms with E-state index in [1.165, 1.54) is 17.3 Å². The highest BCUT2D eigenvalue weighted by atomic mass is 35.5. The van der Waals surface area contributed by atoms with Crippen LogP contribution >= 0.6 is 23.4 Å². The fraction of sp³-hybridized carbons (Fsp3) is 0.176. The summed E-state index contributed by atoms with van der Waals surface area (Å²) in [6, 6.07) is 16.1. The van der Waals surface area contributed by atoms with Crippen LogP contribution in [0.3, 0.4) is 0 Å². The van der Waals surface area contributed by atoms with Crippen LogP contribution in [-0.2, 0) is 12.2 Å². The Bertz CT molecular complexity index is 799. The van der Waals surface area contributed by atoms with E-state index in [1.54, 1.807) is 4.68 Å². The van der Waals surface area contributed by atoms with E-state index in [1.807, 2.05) is 24.3 Å². The van der Waals surface area contributed by atoms with E-state index in [4.69, 9.17) is 17.4 Å². The van der Waals surface area contributed by atoms with E-state index in [0.717, 1.165) is 22.0 Å². The molecule has 2 N–H and O–H groups in total. The van der Waals surface area contributed by atoms with Gasteiger partial charge in [0.1, 0.15) is 0 Å². The van der Waals surface area contributed by atoms with Crippen molar-refractivity contribution < 1.29 is 0 Å². The third kappa shape index (κ3) is 3.86. The van der Waals surface area contributed by atoms with Crippen molar-refractivity contribution in [2.75, 3.05) is 5.84 Å². The van der Waals surface area contributed by atoms with Gasteiger partial charge in [-0.3, -0.25) is 0 Å². The summed E-state index contributed by atoms with van der Waals surface area (Å²) in [6.07, 6.45) is 0.663. The van der Waals surface area contributed by atoms with Gasteiger partial charge in [0.15, 0.2) is 5.82 Å². The van der Waals surface area contributed by atoms with Gasteiger partial charge in [0.05, 0.1) is 0 Å². The summed E-state index contributed by atoms with van der Waals surface area (Å²) in [7, 11) is 0. The number of hydrogen-bond acceptors (Lipinski definition) is 4. The summed E-state index contributed by atoms with van der Waals surface area (Å²) in [6.45, 7) is 2.07. The molecule has 3 aromatic rings. The molecule has 0 aliphatic heterocycles. The number of halogens is 1. The van der Waals surface area contributed by atoms with Crippen molar-refractivity contribution in [3.8, 4) is 0 Å². The van der Waals surface area contributed by atoms with E-state index in [0.29, 0.717) is 17.3 Å². The highest BCUT2D eigenvalue weighted by Crippen LogP contribution is 2.25. The Balaban J connectivity index is 1.69. The molecule has 0 unspecified atom stereocenters. The molecule has 0 saturated heterocycles. The number of hydrogen-bond donors (Lipinski definition) is 1. The summed E-state index contributed by atoms with van der Waals surface area (Å²) in [5, 5.41) is 9.82. The third-order valence-corrected chi connectivity index (χ3v) is 4.89. The molecular formula is C17H17ClN4S. The lowest BCUT2D eigenvalue weighted by atomic mass is 10.1. The van der Waals surface area contributed by atoms with Gasteiger partial charge in [-0.25, -0.2) is 4.68 Å². The zero-order valence-electron chi connectivity index (χ0n) is 12.7. The summed E-state index contributed by atoms with van der Waals surface area (Å²) in [4.78, 5) is 0. The number of benzene rings is 2. The Labute approximate surface area is 144 Å². The van der Waals surface area contributed by atoms with Crippen LogP contribution in [0.15, 0.2) is 53.7 Å². The predicted molar refractivity (Wildman–Crippen MR) is 95.2 cm³/mol. The molecule has 4 nitrogen and oxygen atoms in total. The Kier molecular flexibility index (Phi) is 4.88. The van der Waals surface area contributed by atoms with Gasteiger partial charge in [0.2, 0.25) is 5.16 Å². The first-order valence-corrected chi connectivity index (χ1v) is 8.61. The van der Waals surface area contributed by atoms with Gasteiger partial charge >= 0.3 is 0 Å². The van der Waals surface area contributed by atoms with Crippen LogP contribution in [0.2, 0.25) is 5.02 Å². The number of aryl methyl sites for hydroxylation is 1. The average Bonchev–Trinajstić information content (AvgIpc) is 2.89. The number of aromatic nitrogens is 3. The zero-order valence-corrected chi connectivity index (χ0v) is 14.3. The first-order chi connectivity index (χ1) is 11.1. The minimum Gasteiger partial charge on any atom is -0.336 e. The maximum atomic E-state index is 6.17. The van der Waals surface area contributed by atoms with E-state index >= 15 is 0 Å². The van der Waals surface area contributed by atoms with Crippen LogP contribution in [-0.4, -0.2) is 14.9 Å². The molecule has 118 valence electrons. The molecule has 0 spiro atoms. The molecule has 0 bridgehead atoms. The molecular weight excluding hydrogens is 328 g/mol. The highest BCUT2D eigenvalue weighted by molar-refractivity contribution is 7.98. The van der Waals surface area contributed by atoms with Crippen molar-refractivity contribution >= 4 is 23.4 Å². The van der Waals surface area contributed by atoms with E-state index in [-0.39, 0.29) is 0 Å². The lowest BCUT2D eigenvalue weighted by Crippen LogP contribution is -2.14. The molecule has 0 aliphatic carbocycles. The Morgan fingerprint density at radius 1 is 1.09 bits per heavy atom. The number of nitrogen functional groups attached to an aromatic ring is 1. The fourth-order valence-corrected chi connectivity index (χ4v) is 3.33. The van der Waals surface area contributed by atoms with Crippen molar-refractivity contribution in [2.45, 2.75) is 24.3 Å². The number of rotatable bonds is 5. The molecule has 6 heteroatoms. The maximum Gasteiger partial charge on any atom is 0.210 e. The predicted octanol–water partition coefficient (Wildman–Crippen LogP) is 3.84. The molecule has 2 aromatic carbocycles. The van der Waals surface area contributed by atoms with Crippen molar-refractivity contribution in [1.29, 1.82) is 0 Å². The van der Waals surface area contributed by atoms with Crippen molar-refractivity contribution in [3.63, 3.8) is 0 Å². The minimum absolute atomic E-state index is 0.663. The van der Waals surface area contributed by atoms with Crippen molar-refractivity contribution in [2.24, 2.45) is 0 Å². The standard InChI is InChI=1S/C17H17ClN4S/c1-12-6-8-13(9-7-12)10-16-20-21-17(22(16)19)23-11-14-4-2-3-5-15(14)18/h2-9H,10-11,19H2,1H3. The molecule has 1 heterocycles. The van der Waals surface area contributed by atoms with Crippen LogP contribution in [0.25, 0.3) is 0 Å². The van der Waals surface area contributed by atoms with Crippen LogP contribution in [0.1, 0.15) is 22.5 Å². The highest BCUT2D eigenvalue weighted by Gasteiger charge is 2.11. The number of nitrogens with zero attached hydrogens (tertiary/aromatic N) is 3. The van der Waals surface area contributed by atoms with Gasteiger partial charge < -0.3 is 5.84 Å². The van der Waals surface area contributed by atoms with Gasteiger partial charge in [-0.05, 0) is 24.1 Å². The minimum atomic E-state index is 0.663. The van der Waals surface area contributed by atoms with E-state index in [9.17, 15) is 0 Å². The van der Waals surface area contributed by atoms with Gasteiger partial charge in [-0.15, -0.1) is 10.2 Å². The zero-order chi connectivity index (χ0) is 16.2. The summed E-state index contributed by atoms with van der Waals surface area (Å²) < 4.78 is 1.56. The van der Waals surface area contributed by atoms with Crippen molar-refractivity contribution in [3.05, 3.63) is 76.1 Å². The quantitative estimate of drug-likeness (QED) is 0.564. The average molecular weight is 345 g/mol. The lowest BCUT2D eigenvalue weighted by molar-refractivity contribution is 0.805. The monoisotopic (exact) mass is 344 g/mol. The molecule has 3 rings (SSSR count). The second-order valence-corrected chi connectivity index (χ2v) is 6.66. The van der Waals surface area contributed by atoms with E-state index < -0.39 is 0 Å². The van der Waals surface area contributed by atoms with Gasteiger partial charge in [-0.1, -0.05) is 71.4 Å². The van der Waals surface area contributed by atoms with Gasteiger partial charge in [0.25, 0.3) is 0 Å². The second kappa shape index (κ2) is 7.06. The molecule has 0 amide bonds. The van der Waals surface area contributed by atoms with E-state index in [2.05, 4.69) is 41.4 Å².